The fourth-order valence-corrected chi connectivity index (χ4v) is 7.72. The number of benzene rings is 8. The van der Waals surface area contributed by atoms with E-state index in [4.69, 9.17) is 9.97 Å². The van der Waals surface area contributed by atoms with Gasteiger partial charge in [0.2, 0.25) is 0 Å². The first-order chi connectivity index (χ1) is 24.8. The van der Waals surface area contributed by atoms with Crippen LogP contribution in [0.2, 0.25) is 0 Å². The fraction of sp³-hybridized carbons (Fsp3) is 0. The maximum atomic E-state index is 5.07. The van der Waals surface area contributed by atoms with Crippen LogP contribution in [0.1, 0.15) is 0 Å². The van der Waals surface area contributed by atoms with Gasteiger partial charge in [0.25, 0.3) is 0 Å². The van der Waals surface area contributed by atoms with Crippen molar-refractivity contribution >= 4 is 21.5 Å². The number of hydrogen-bond acceptors (Lipinski definition) is 2. The van der Waals surface area contributed by atoms with Crippen LogP contribution in [0.25, 0.3) is 100.0 Å². The van der Waals surface area contributed by atoms with E-state index in [1.54, 1.807) is 0 Å². The molecule has 0 atom stereocenters. The molecule has 1 aromatic heterocycles. The van der Waals surface area contributed by atoms with Crippen molar-refractivity contribution in [3.63, 3.8) is 0 Å². The van der Waals surface area contributed by atoms with Gasteiger partial charge in [-0.15, -0.1) is 0 Å². The molecule has 8 aromatic carbocycles. The molecular weight excluding hydrogens is 605 g/mol. The monoisotopic (exact) mass is 634 g/mol. The molecule has 2 nitrogen and oxygen atoms in total. The summed E-state index contributed by atoms with van der Waals surface area (Å²) in [5.74, 6) is 0.711. The number of rotatable bonds is 5. The van der Waals surface area contributed by atoms with E-state index in [-0.39, 0.29) is 0 Å². The summed E-state index contributed by atoms with van der Waals surface area (Å²) in [6.07, 6.45) is 0. The molecule has 0 bridgehead atoms. The molecule has 2 heteroatoms. The Morgan fingerprint density at radius 3 is 1.52 bits per heavy atom. The maximum Gasteiger partial charge on any atom is 0.160 e. The Bertz CT molecular complexity index is 2640. The average Bonchev–Trinajstić information content (AvgIpc) is 3.53. The fourth-order valence-electron chi connectivity index (χ4n) is 7.72. The van der Waals surface area contributed by atoms with E-state index >= 15 is 0 Å². The number of hydrogen-bond donors (Lipinski definition) is 0. The van der Waals surface area contributed by atoms with E-state index in [2.05, 4.69) is 170 Å². The predicted octanol–water partition coefficient (Wildman–Crippen LogP) is 12.8. The molecule has 0 N–H and O–H groups in total. The first-order valence-corrected chi connectivity index (χ1v) is 17.1. The first-order valence-electron chi connectivity index (χ1n) is 17.1. The minimum Gasteiger partial charge on any atom is -0.228 e. The second kappa shape index (κ2) is 11.5. The Kier molecular flexibility index (Phi) is 6.53. The van der Waals surface area contributed by atoms with Gasteiger partial charge < -0.3 is 0 Å². The smallest absolute Gasteiger partial charge is 0.160 e. The quantitative estimate of drug-likeness (QED) is 0.188. The Morgan fingerprint density at radius 1 is 0.300 bits per heavy atom. The van der Waals surface area contributed by atoms with Crippen molar-refractivity contribution in [2.75, 3.05) is 0 Å². The minimum atomic E-state index is 0.711. The van der Waals surface area contributed by atoms with Gasteiger partial charge in [0.1, 0.15) is 0 Å². The molecule has 0 fully saturated rings. The van der Waals surface area contributed by atoms with Crippen molar-refractivity contribution in [2.45, 2.75) is 0 Å². The predicted molar refractivity (Wildman–Crippen MR) is 209 cm³/mol. The molecule has 0 amide bonds. The molecular formula is C48H30N2. The van der Waals surface area contributed by atoms with Gasteiger partial charge in [0.05, 0.1) is 11.4 Å². The third-order valence-corrected chi connectivity index (χ3v) is 10.1. The Hall–Kier alpha value is -6.64. The second-order valence-electron chi connectivity index (χ2n) is 12.9. The molecule has 0 spiro atoms. The van der Waals surface area contributed by atoms with Crippen LogP contribution in [-0.2, 0) is 0 Å². The van der Waals surface area contributed by atoms with Gasteiger partial charge in [-0.2, -0.15) is 0 Å². The summed E-state index contributed by atoms with van der Waals surface area (Å²) in [5, 5.41) is 5.10. The largest absolute Gasteiger partial charge is 0.228 e. The van der Waals surface area contributed by atoms with Crippen molar-refractivity contribution < 1.29 is 0 Å². The van der Waals surface area contributed by atoms with E-state index in [9.17, 15) is 0 Å². The van der Waals surface area contributed by atoms with E-state index in [0.29, 0.717) is 5.82 Å². The normalized spacial score (nSPS) is 11.6. The third-order valence-electron chi connectivity index (χ3n) is 10.1. The zero-order valence-corrected chi connectivity index (χ0v) is 27.2. The van der Waals surface area contributed by atoms with Crippen molar-refractivity contribution in [1.82, 2.24) is 9.97 Å². The molecule has 232 valence electrons. The van der Waals surface area contributed by atoms with Crippen LogP contribution < -0.4 is 0 Å². The molecule has 0 saturated carbocycles. The molecule has 0 aliphatic heterocycles. The molecule has 9 aromatic rings. The van der Waals surface area contributed by atoms with Gasteiger partial charge in [-0.05, 0) is 72.1 Å². The molecule has 1 heterocycles. The Morgan fingerprint density at radius 2 is 0.820 bits per heavy atom. The van der Waals surface area contributed by atoms with E-state index in [1.165, 1.54) is 60.5 Å². The van der Waals surface area contributed by atoms with Crippen LogP contribution in [-0.4, -0.2) is 9.97 Å². The van der Waals surface area contributed by atoms with Crippen LogP contribution in [0.5, 0.6) is 0 Å². The lowest BCUT2D eigenvalue weighted by atomic mass is 9.86. The highest BCUT2D eigenvalue weighted by atomic mass is 14.9. The molecule has 1 aliphatic rings. The molecule has 50 heavy (non-hydrogen) atoms. The lowest BCUT2D eigenvalue weighted by molar-refractivity contribution is 1.18. The second-order valence-corrected chi connectivity index (χ2v) is 12.9. The summed E-state index contributed by atoms with van der Waals surface area (Å²) in [5.41, 5.74) is 15.0. The van der Waals surface area contributed by atoms with Gasteiger partial charge in [-0.25, -0.2) is 9.97 Å². The highest BCUT2D eigenvalue weighted by Crippen LogP contribution is 2.51. The Balaban J connectivity index is 1.13. The van der Waals surface area contributed by atoms with Crippen molar-refractivity contribution in [2.24, 2.45) is 0 Å². The summed E-state index contributed by atoms with van der Waals surface area (Å²) in [6.45, 7) is 0. The summed E-state index contributed by atoms with van der Waals surface area (Å²) >= 11 is 0. The first kappa shape index (κ1) is 28.4. The lowest BCUT2D eigenvalue weighted by Gasteiger charge is -2.17. The summed E-state index contributed by atoms with van der Waals surface area (Å²) < 4.78 is 0. The summed E-state index contributed by atoms with van der Waals surface area (Å²) in [4.78, 5) is 10.1. The minimum absolute atomic E-state index is 0.711. The van der Waals surface area contributed by atoms with Crippen molar-refractivity contribution in [3.05, 3.63) is 182 Å². The van der Waals surface area contributed by atoms with E-state index in [0.717, 1.165) is 33.6 Å². The lowest BCUT2D eigenvalue weighted by Crippen LogP contribution is -1.96. The summed E-state index contributed by atoms with van der Waals surface area (Å²) in [7, 11) is 0. The van der Waals surface area contributed by atoms with Crippen molar-refractivity contribution in [1.29, 1.82) is 0 Å². The average molecular weight is 635 g/mol. The van der Waals surface area contributed by atoms with Crippen LogP contribution in [0.4, 0.5) is 0 Å². The van der Waals surface area contributed by atoms with Crippen LogP contribution in [0.3, 0.4) is 0 Å². The maximum absolute atomic E-state index is 5.07. The van der Waals surface area contributed by atoms with Gasteiger partial charge in [-0.1, -0.05) is 176 Å². The molecule has 0 saturated heterocycles. The molecule has 0 radical (unpaired) electrons. The van der Waals surface area contributed by atoms with Crippen LogP contribution in [0.15, 0.2) is 182 Å². The number of fused-ring (bicyclic) bond motifs is 4. The van der Waals surface area contributed by atoms with Gasteiger partial charge >= 0.3 is 0 Å². The zero-order chi connectivity index (χ0) is 33.0. The zero-order valence-electron chi connectivity index (χ0n) is 27.2. The molecule has 0 unspecified atom stereocenters. The van der Waals surface area contributed by atoms with Crippen molar-refractivity contribution in [3.8, 4) is 78.4 Å². The Labute approximate surface area is 291 Å². The van der Waals surface area contributed by atoms with Gasteiger partial charge in [-0.3, -0.25) is 0 Å². The SMILES string of the molecule is c1ccc(-c2cc(-c3ccccc3)nc(-c3ccc(-c4ccc5ccccc5c4-c4ccc5c6c(cccc46)-c4ccccc4-5)cc3)n2)cc1. The number of aromatic nitrogens is 2. The van der Waals surface area contributed by atoms with Gasteiger partial charge in [0.15, 0.2) is 5.82 Å². The van der Waals surface area contributed by atoms with E-state index in [1.807, 2.05) is 12.1 Å². The topological polar surface area (TPSA) is 25.8 Å². The summed E-state index contributed by atoms with van der Waals surface area (Å²) in [6, 6.07) is 65.0. The molecule has 1 aliphatic carbocycles. The van der Waals surface area contributed by atoms with E-state index < -0.39 is 0 Å². The third kappa shape index (κ3) is 4.57. The van der Waals surface area contributed by atoms with Gasteiger partial charge in [0, 0.05) is 16.7 Å². The standard InChI is InChI=1S/C48H30N2/c1-3-13-33(14-4-1)44-30-45(34-15-5-2-6-16-34)50-48(49-44)35-24-22-32(23-25-35)37-27-26-31-12-7-8-17-36(31)46(37)43-29-28-42-39-19-10-9-18-38(39)40-20-11-21-41(43)47(40)42/h1-30H. The molecule has 10 rings (SSSR count). The van der Waals surface area contributed by atoms with Crippen LogP contribution in [0, 0.1) is 0 Å². The van der Waals surface area contributed by atoms with Crippen LogP contribution >= 0.6 is 0 Å². The highest BCUT2D eigenvalue weighted by molar-refractivity contribution is 6.21. The number of nitrogens with zero attached hydrogens (tertiary/aromatic N) is 2. The highest BCUT2D eigenvalue weighted by Gasteiger charge is 2.24.